The first-order valence-electron chi connectivity index (χ1n) is 8.60. The fourth-order valence-corrected chi connectivity index (χ4v) is 3.94. The average Bonchev–Trinajstić information content (AvgIpc) is 3.07. The lowest BCUT2D eigenvalue weighted by Gasteiger charge is -2.40. The third kappa shape index (κ3) is 2.64. The van der Waals surface area contributed by atoms with Gasteiger partial charge in [-0.15, -0.1) is 0 Å². The van der Waals surface area contributed by atoms with Gasteiger partial charge in [-0.25, -0.2) is 0 Å². The van der Waals surface area contributed by atoms with Crippen LogP contribution in [0.1, 0.15) is 30.0 Å². The van der Waals surface area contributed by atoms with Crippen LogP contribution in [-0.4, -0.2) is 25.9 Å². The van der Waals surface area contributed by atoms with Gasteiger partial charge in [0.2, 0.25) is 0 Å². The van der Waals surface area contributed by atoms with Crippen molar-refractivity contribution in [1.29, 1.82) is 0 Å². The van der Waals surface area contributed by atoms with Crippen molar-refractivity contribution >= 4 is 5.57 Å². The standard InChI is InChI=1S/C21H23NO2/c1-23-19-11-6-5-10-18(19)17-14-21(24-15-17)12-7-13-22-20(21)16-8-3-2-4-9-16/h2-6,8-11,14,20,22H,7,12-13,15H2,1H3/t20-,21+/m0/s1. The monoisotopic (exact) mass is 321 g/mol. The highest BCUT2D eigenvalue weighted by atomic mass is 16.5. The van der Waals surface area contributed by atoms with Crippen molar-refractivity contribution in [2.24, 2.45) is 0 Å². The van der Waals surface area contributed by atoms with Crippen molar-refractivity contribution in [2.45, 2.75) is 24.5 Å². The van der Waals surface area contributed by atoms with Crippen LogP contribution in [0.15, 0.2) is 60.7 Å². The largest absolute Gasteiger partial charge is 0.496 e. The summed E-state index contributed by atoms with van der Waals surface area (Å²) in [6.45, 7) is 1.66. The maximum Gasteiger partial charge on any atom is 0.126 e. The SMILES string of the molecule is COc1ccccc1C1=C[C@@]2(CCCN[C@H]2c2ccccc2)OC1. The second-order valence-corrected chi connectivity index (χ2v) is 6.51. The molecule has 2 aliphatic rings. The Kier molecular flexibility index (Phi) is 4.13. The minimum atomic E-state index is -0.268. The maximum atomic E-state index is 6.40. The van der Waals surface area contributed by atoms with Crippen molar-refractivity contribution in [2.75, 3.05) is 20.3 Å². The van der Waals surface area contributed by atoms with Crippen LogP contribution in [-0.2, 0) is 4.74 Å². The number of benzene rings is 2. The highest BCUT2D eigenvalue weighted by molar-refractivity contribution is 5.74. The van der Waals surface area contributed by atoms with E-state index in [1.54, 1.807) is 7.11 Å². The lowest BCUT2D eigenvalue weighted by molar-refractivity contribution is -0.0255. The van der Waals surface area contributed by atoms with E-state index < -0.39 is 0 Å². The number of rotatable bonds is 3. The second-order valence-electron chi connectivity index (χ2n) is 6.51. The smallest absolute Gasteiger partial charge is 0.126 e. The third-order valence-corrected chi connectivity index (χ3v) is 5.08. The Hall–Kier alpha value is -2.10. The molecule has 2 aromatic rings. The molecule has 4 rings (SSSR count). The molecule has 0 bridgehead atoms. The molecular formula is C21H23NO2. The highest BCUT2D eigenvalue weighted by Crippen LogP contribution is 2.44. The Labute approximate surface area is 143 Å². The fraction of sp³-hybridized carbons (Fsp3) is 0.333. The molecule has 0 unspecified atom stereocenters. The Morgan fingerprint density at radius 3 is 2.71 bits per heavy atom. The molecule has 0 aromatic heterocycles. The quantitative estimate of drug-likeness (QED) is 0.928. The molecular weight excluding hydrogens is 298 g/mol. The van der Waals surface area contributed by atoms with E-state index in [0.29, 0.717) is 6.61 Å². The van der Waals surface area contributed by atoms with Gasteiger partial charge in [-0.1, -0.05) is 48.5 Å². The zero-order valence-corrected chi connectivity index (χ0v) is 14.0. The first kappa shape index (κ1) is 15.4. The molecule has 0 saturated carbocycles. The summed E-state index contributed by atoms with van der Waals surface area (Å²) in [7, 11) is 1.72. The molecule has 1 spiro atoms. The summed E-state index contributed by atoms with van der Waals surface area (Å²) in [6, 6.07) is 19.0. The number of methoxy groups -OCH3 is 1. The van der Waals surface area contributed by atoms with E-state index in [9.17, 15) is 0 Å². The van der Waals surface area contributed by atoms with Crippen molar-refractivity contribution in [3.8, 4) is 5.75 Å². The Morgan fingerprint density at radius 1 is 1.08 bits per heavy atom. The van der Waals surface area contributed by atoms with Crippen molar-refractivity contribution in [3.63, 3.8) is 0 Å². The summed E-state index contributed by atoms with van der Waals surface area (Å²) >= 11 is 0. The molecule has 1 fully saturated rings. The molecule has 0 radical (unpaired) electrons. The number of ether oxygens (including phenoxy) is 2. The molecule has 2 aromatic carbocycles. The van der Waals surface area contributed by atoms with Crippen LogP contribution in [0.3, 0.4) is 0 Å². The van der Waals surface area contributed by atoms with E-state index >= 15 is 0 Å². The molecule has 124 valence electrons. The first-order chi connectivity index (χ1) is 11.8. The van der Waals surface area contributed by atoms with Gasteiger partial charge in [-0.3, -0.25) is 0 Å². The first-order valence-corrected chi connectivity index (χ1v) is 8.60. The van der Waals surface area contributed by atoms with E-state index in [4.69, 9.17) is 9.47 Å². The normalized spacial score (nSPS) is 26.4. The van der Waals surface area contributed by atoms with Gasteiger partial charge in [0.05, 0.1) is 19.8 Å². The van der Waals surface area contributed by atoms with Gasteiger partial charge in [0.15, 0.2) is 0 Å². The Morgan fingerprint density at radius 2 is 1.88 bits per heavy atom. The summed E-state index contributed by atoms with van der Waals surface area (Å²) in [4.78, 5) is 0. The van der Waals surface area contributed by atoms with E-state index in [2.05, 4.69) is 53.9 Å². The van der Waals surface area contributed by atoms with Crippen molar-refractivity contribution in [3.05, 3.63) is 71.8 Å². The lowest BCUT2D eigenvalue weighted by atomic mass is 9.81. The van der Waals surface area contributed by atoms with Crippen molar-refractivity contribution < 1.29 is 9.47 Å². The van der Waals surface area contributed by atoms with Gasteiger partial charge in [0.1, 0.15) is 11.4 Å². The zero-order valence-electron chi connectivity index (χ0n) is 14.0. The van der Waals surface area contributed by atoms with Crippen LogP contribution in [0.5, 0.6) is 5.75 Å². The fourth-order valence-electron chi connectivity index (χ4n) is 3.94. The molecule has 24 heavy (non-hydrogen) atoms. The van der Waals surface area contributed by atoms with E-state index in [0.717, 1.165) is 30.7 Å². The van der Waals surface area contributed by atoms with E-state index in [1.165, 1.54) is 11.1 Å². The summed E-state index contributed by atoms with van der Waals surface area (Å²) < 4.78 is 11.9. The summed E-state index contributed by atoms with van der Waals surface area (Å²) in [6.07, 6.45) is 4.49. The third-order valence-electron chi connectivity index (χ3n) is 5.08. The topological polar surface area (TPSA) is 30.5 Å². The molecule has 2 atom stereocenters. The van der Waals surface area contributed by atoms with Gasteiger partial charge >= 0.3 is 0 Å². The number of hydrogen-bond acceptors (Lipinski definition) is 3. The van der Waals surface area contributed by atoms with E-state index in [1.807, 2.05) is 12.1 Å². The molecule has 0 aliphatic carbocycles. The lowest BCUT2D eigenvalue weighted by Crippen LogP contribution is -2.47. The zero-order chi connectivity index (χ0) is 16.4. The van der Waals surface area contributed by atoms with Gasteiger partial charge < -0.3 is 14.8 Å². The molecule has 1 saturated heterocycles. The minimum Gasteiger partial charge on any atom is -0.496 e. The van der Waals surface area contributed by atoms with E-state index in [-0.39, 0.29) is 11.6 Å². The summed E-state index contributed by atoms with van der Waals surface area (Å²) in [5.41, 5.74) is 3.37. The molecule has 3 nitrogen and oxygen atoms in total. The molecule has 2 aliphatic heterocycles. The molecule has 1 N–H and O–H groups in total. The molecule has 2 heterocycles. The summed E-state index contributed by atoms with van der Waals surface area (Å²) in [5.74, 6) is 0.907. The van der Waals surface area contributed by atoms with Crippen LogP contribution >= 0.6 is 0 Å². The van der Waals surface area contributed by atoms with Gasteiger partial charge in [0.25, 0.3) is 0 Å². The van der Waals surface area contributed by atoms with Crippen LogP contribution in [0, 0.1) is 0 Å². The van der Waals surface area contributed by atoms with Crippen LogP contribution in [0.2, 0.25) is 0 Å². The average molecular weight is 321 g/mol. The maximum absolute atomic E-state index is 6.40. The Balaban J connectivity index is 1.73. The molecule has 0 amide bonds. The predicted octanol–water partition coefficient (Wildman–Crippen LogP) is 3.97. The number of piperidine rings is 1. The number of para-hydroxylation sites is 1. The van der Waals surface area contributed by atoms with Crippen LogP contribution in [0.25, 0.3) is 5.57 Å². The second kappa shape index (κ2) is 6.42. The number of nitrogens with one attached hydrogen (secondary N) is 1. The van der Waals surface area contributed by atoms with Crippen LogP contribution < -0.4 is 10.1 Å². The van der Waals surface area contributed by atoms with Crippen molar-refractivity contribution in [1.82, 2.24) is 5.32 Å². The van der Waals surface area contributed by atoms with Gasteiger partial charge in [-0.2, -0.15) is 0 Å². The Bertz CT molecular complexity index is 741. The van der Waals surface area contributed by atoms with Gasteiger partial charge in [0, 0.05) is 5.56 Å². The molecule has 3 heteroatoms. The highest BCUT2D eigenvalue weighted by Gasteiger charge is 2.44. The summed E-state index contributed by atoms with van der Waals surface area (Å²) in [5, 5.41) is 3.67. The number of hydrogen-bond donors (Lipinski definition) is 1. The minimum absolute atomic E-state index is 0.194. The predicted molar refractivity (Wildman–Crippen MR) is 96.1 cm³/mol. The van der Waals surface area contributed by atoms with Gasteiger partial charge in [-0.05, 0) is 42.7 Å². The van der Waals surface area contributed by atoms with Crippen LogP contribution in [0.4, 0.5) is 0 Å².